The number of rotatable bonds is 10. The van der Waals surface area contributed by atoms with E-state index in [0.717, 1.165) is 11.8 Å². The molecule has 204 valence electrons. The Balaban J connectivity index is 1.83. The molecule has 1 fully saturated rings. The van der Waals surface area contributed by atoms with Crippen LogP contribution in [0.4, 0.5) is 4.39 Å². The number of halogens is 1. The highest BCUT2D eigenvalue weighted by molar-refractivity contribution is 6.09. The molecule has 1 aliphatic rings. The molecular formula is C27H35FN6O4. The molecule has 0 spiro atoms. The molecule has 1 aromatic heterocycles. The molecule has 0 saturated carbocycles. The van der Waals surface area contributed by atoms with Crippen molar-refractivity contribution in [1.29, 1.82) is 5.41 Å². The molecule has 2 aromatic rings. The fourth-order valence-electron chi connectivity index (χ4n) is 4.40. The van der Waals surface area contributed by atoms with Gasteiger partial charge in [0.2, 0.25) is 17.7 Å². The molecule has 0 radical (unpaired) electrons. The summed E-state index contributed by atoms with van der Waals surface area (Å²) < 4.78 is 19.0. The monoisotopic (exact) mass is 526 g/mol. The molecule has 2 atom stereocenters. The molecule has 0 unspecified atom stereocenters. The second-order valence-corrected chi connectivity index (χ2v) is 10.0. The molecule has 1 aliphatic heterocycles. The number of hydrogen-bond donors (Lipinski definition) is 4. The average molecular weight is 527 g/mol. The van der Waals surface area contributed by atoms with Gasteiger partial charge in [-0.2, -0.15) is 0 Å². The molecular weight excluding hydrogens is 491 g/mol. The number of benzene rings is 1. The van der Waals surface area contributed by atoms with E-state index >= 15 is 0 Å². The van der Waals surface area contributed by atoms with Gasteiger partial charge >= 0.3 is 0 Å². The molecule has 3 rings (SSSR count). The van der Waals surface area contributed by atoms with Crippen LogP contribution in [0.1, 0.15) is 32.3 Å². The van der Waals surface area contributed by atoms with Gasteiger partial charge in [-0.1, -0.05) is 30.3 Å². The van der Waals surface area contributed by atoms with Crippen LogP contribution in [0, 0.1) is 16.6 Å². The summed E-state index contributed by atoms with van der Waals surface area (Å²) >= 11 is 0. The maximum absolute atomic E-state index is 13.8. The van der Waals surface area contributed by atoms with Gasteiger partial charge in [-0.15, -0.1) is 0 Å². The third-order valence-corrected chi connectivity index (χ3v) is 6.54. The summed E-state index contributed by atoms with van der Waals surface area (Å²) in [5.74, 6) is -1.68. The summed E-state index contributed by atoms with van der Waals surface area (Å²) in [6, 6.07) is 9.49. The summed E-state index contributed by atoms with van der Waals surface area (Å²) in [6.45, 7) is 3.24. The molecule has 11 heteroatoms. The van der Waals surface area contributed by atoms with E-state index in [1.165, 1.54) is 38.1 Å². The molecule has 10 nitrogen and oxygen atoms in total. The zero-order valence-corrected chi connectivity index (χ0v) is 21.9. The molecule has 1 saturated heterocycles. The summed E-state index contributed by atoms with van der Waals surface area (Å²) in [6.07, 6.45) is 2.92. The minimum atomic E-state index is -1.25. The molecule has 0 aliphatic carbocycles. The maximum Gasteiger partial charge on any atom is 0.245 e. The first-order valence-electron chi connectivity index (χ1n) is 12.4. The van der Waals surface area contributed by atoms with Gasteiger partial charge in [-0.25, -0.2) is 4.39 Å². The van der Waals surface area contributed by atoms with E-state index < -0.39 is 34.6 Å². The number of aromatic nitrogens is 1. The highest BCUT2D eigenvalue weighted by Crippen LogP contribution is 2.32. The Bertz CT molecular complexity index is 1160. The third kappa shape index (κ3) is 6.91. The fraction of sp³-hybridized carbons (Fsp3) is 0.444. The van der Waals surface area contributed by atoms with E-state index in [0.29, 0.717) is 0 Å². The highest BCUT2D eigenvalue weighted by Gasteiger charge is 2.48. The predicted molar refractivity (Wildman–Crippen MR) is 140 cm³/mol. The Labute approximate surface area is 221 Å². The van der Waals surface area contributed by atoms with Gasteiger partial charge in [0.25, 0.3) is 0 Å². The van der Waals surface area contributed by atoms with Crippen LogP contribution in [0.5, 0.6) is 5.75 Å². The number of nitrogens with zero attached hydrogens (tertiary/aromatic N) is 2. The Morgan fingerprint density at radius 3 is 2.61 bits per heavy atom. The number of carbonyl (C=O) groups is 3. The van der Waals surface area contributed by atoms with Crippen molar-refractivity contribution in [2.24, 2.45) is 11.1 Å². The number of nitrogens with one attached hydrogen (secondary N) is 3. The zero-order chi connectivity index (χ0) is 27.9. The normalized spacial score (nSPS) is 18.4. The fourth-order valence-corrected chi connectivity index (χ4v) is 4.40. The van der Waals surface area contributed by atoms with Crippen LogP contribution < -0.4 is 21.1 Å². The highest BCUT2D eigenvalue weighted by atomic mass is 19.1. The second-order valence-electron chi connectivity index (χ2n) is 10.0. The molecule has 38 heavy (non-hydrogen) atoms. The van der Waals surface area contributed by atoms with Gasteiger partial charge in [0.15, 0.2) is 0 Å². The van der Waals surface area contributed by atoms with Crippen molar-refractivity contribution >= 4 is 23.4 Å². The van der Waals surface area contributed by atoms with Crippen molar-refractivity contribution in [3.05, 3.63) is 60.2 Å². The zero-order valence-electron chi connectivity index (χ0n) is 21.9. The van der Waals surface area contributed by atoms with Crippen LogP contribution in [0.2, 0.25) is 0 Å². The number of carbonyl (C=O) groups excluding carboxylic acids is 3. The van der Waals surface area contributed by atoms with E-state index in [-0.39, 0.29) is 56.3 Å². The summed E-state index contributed by atoms with van der Waals surface area (Å²) in [5.41, 5.74) is 4.56. The largest absolute Gasteiger partial charge is 0.492 e. The Morgan fingerprint density at radius 1 is 1.26 bits per heavy atom. The number of ether oxygens (including phenoxy) is 1. The van der Waals surface area contributed by atoms with Crippen molar-refractivity contribution in [3.8, 4) is 5.75 Å². The van der Waals surface area contributed by atoms with Gasteiger partial charge < -0.3 is 31.4 Å². The third-order valence-electron chi connectivity index (χ3n) is 6.54. The smallest absolute Gasteiger partial charge is 0.245 e. The van der Waals surface area contributed by atoms with Gasteiger partial charge in [-0.3, -0.25) is 19.4 Å². The van der Waals surface area contributed by atoms with Crippen LogP contribution >= 0.6 is 0 Å². The van der Waals surface area contributed by atoms with Crippen LogP contribution in [-0.2, 0) is 20.8 Å². The first kappa shape index (κ1) is 28.7. The number of hydrogen-bond acceptors (Lipinski definition) is 7. The molecule has 3 amide bonds. The first-order chi connectivity index (χ1) is 18.0. The SMILES string of the molecule is CNC(=O)[C@]1(Cc2ccccc2)CN(C(=O)[C@@H](CCOc2cncc(F)c2)NC(=O)C(C)(C)N)CCC1=N. The van der Waals surface area contributed by atoms with E-state index in [9.17, 15) is 18.8 Å². The van der Waals surface area contributed by atoms with Crippen molar-refractivity contribution in [2.75, 3.05) is 26.7 Å². The minimum absolute atomic E-state index is 0.0128. The Kier molecular flexibility index (Phi) is 9.16. The standard InChI is InChI=1S/C27H35FN6O4/c1-26(2,30)24(36)33-21(10-12-38-20-13-19(28)15-32-16-20)23(35)34-11-9-22(29)27(17-34,25(37)31-3)14-18-7-5-4-6-8-18/h4-8,13,15-16,21,29H,9-12,14,17,30H2,1-3H3,(H,31,37)(H,33,36)/t21-,27-/m1/s1. The van der Waals surface area contributed by atoms with Crippen LogP contribution in [0.25, 0.3) is 0 Å². The lowest BCUT2D eigenvalue weighted by Crippen LogP contribution is -2.62. The summed E-state index contributed by atoms with van der Waals surface area (Å²) in [4.78, 5) is 44.9. The van der Waals surface area contributed by atoms with Gasteiger partial charge in [0, 0.05) is 44.8 Å². The minimum Gasteiger partial charge on any atom is -0.492 e. The van der Waals surface area contributed by atoms with Crippen LogP contribution in [0.3, 0.4) is 0 Å². The number of amides is 3. The van der Waals surface area contributed by atoms with E-state index in [2.05, 4.69) is 15.6 Å². The second kappa shape index (κ2) is 12.1. The number of piperidine rings is 1. The summed E-state index contributed by atoms with van der Waals surface area (Å²) in [5, 5.41) is 14.1. The molecule has 0 bridgehead atoms. The predicted octanol–water partition coefficient (Wildman–Crippen LogP) is 1.44. The quantitative estimate of drug-likeness (QED) is 0.368. The topological polar surface area (TPSA) is 150 Å². The summed E-state index contributed by atoms with van der Waals surface area (Å²) in [7, 11) is 1.51. The molecule has 2 heterocycles. The van der Waals surface area contributed by atoms with E-state index in [1.54, 1.807) is 0 Å². The lowest BCUT2D eigenvalue weighted by atomic mass is 9.72. The van der Waals surface area contributed by atoms with Gasteiger partial charge in [0.05, 0.1) is 24.5 Å². The molecule has 1 aromatic carbocycles. The van der Waals surface area contributed by atoms with Crippen molar-refractivity contribution in [3.63, 3.8) is 0 Å². The van der Waals surface area contributed by atoms with Crippen LogP contribution in [0.15, 0.2) is 48.8 Å². The Hall–Kier alpha value is -3.86. The lowest BCUT2D eigenvalue weighted by Gasteiger charge is -2.43. The first-order valence-corrected chi connectivity index (χ1v) is 12.4. The van der Waals surface area contributed by atoms with Crippen molar-refractivity contribution < 1.29 is 23.5 Å². The van der Waals surface area contributed by atoms with E-state index in [4.69, 9.17) is 15.9 Å². The van der Waals surface area contributed by atoms with Crippen molar-refractivity contribution in [2.45, 2.75) is 44.7 Å². The van der Waals surface area contributed by atoms with Gasteiger partial charge in [0.1, 0.15) is 23.0 Å². The van der Waals surface area contributed by atoms with Crippen LogP contribution in [-0.4, -0.2) is 71.6 Å². The Morgan fingerprint density at radius 2 is 1.97 bits per heavy atom. The maximum atomic E-state index is 13.8. The number of nitrogens with two attached hydrogens (primary N) is 1. The number of likely N-dealkylation sites (tertiary alicyclic amines) is 1. The number of pyridine rings is 1. The molecule has 5 N–H and O–H groups in total. The average Bonchev–Trinajstić information content (AvgIpc) is 2.88. The lowest BCUT2D eigenvalue weighted by molar-refractivity contribution is -0.141. The van der Waals surface area contributed by atoms with Gasteiger partial charge in [-0.05, 0) is 25.8 Å². The van der Waals surface area contributed by atoms with E-state index in [1.807, 2.05) is 30.3 Å². The van der Waals surface area contributed by atoms with Crippen molar-refractivity contribution in [1.82, 2.24) is 20.5 Å².